The van der Waals surface area contributed by atoms with Crippen LogP contribution in [0.15, 0.2) is 48.5 Å². The standard InChI is InChI=1S/C20H21NO2/c1-15-8-10-17(11-9-15)23-13-5-12-21-16(2)19(14-22)18-6-3-4-7-20(18)21/h3-4,6-11,14H,5,12-13H2,1-2H3. The summed E-state index contributed by atoms with van der Waals surface area (Å²) in [5.41, 5.74) is 4.16. The molecule has 0 saturated heterocycles. The van der Waals surface area contributed by atoms with Crippen LogP contribution < -0.4 is 4.74 Å². The lowest BCUT2D eigenvalue weighted by atomic mass is 10.1. The lowest BCUT2D eigenvalue weighted by Crippen LogP contribution is -2.06. The number of para-hydroxylation sites is 1. The van der Waals surface area contributed by atoms with Crippen LogP contribution in [0.1, 0.15) is 28.0 Å². The number of hydrogen-bond acceptors (Lipinski definition) is 2. The van der Waals surface area contributed by atoms with Crippen LogP contribution >= 0.6 is 0 Å². The summed E-state index contributed by atoms with van der Waals surface area (Å²) in [6, 6.07) is 16.1. The monoisotopic (exact) mass is 307 g/mol. The second-order valence-electron chi connectivity index (χ2n) is 5.80. The Kier molecular flexibility index (Phi) is 4.47. The molecule has 118 valence electrons. The topological polar surface area (TPSA) is 31.2 Å². The van der Waals surface area contributed by atoms with E-state index in [1.54, 1.807) is 0 Å². The number of aryl methyl sites for hydroxylation is 2. The van der Waals surface area contributed by atoms with Crippen LogP contribution in [0.3, 0.4) is 0 Å². The van der Waals surface area contributed by atoms with Gasteiger partial charge < -0.3 is 9.30 Å². The van der Waals surface area contributed by atoms with Gasteiger partial charge in [-0.2, -0.15) is 0 Å². The van der Waals surface area contributed by atoms with Gasteiger partial charge in [-0.3, -0.25) is 4.79 Å². The van der Waals surface area contributed by atoms with Crippen LogP contribution in [0, 0.1) is 13.8 Å². The summed E-state index contributed by atoms with van der Waals surface area (Å²) < 4.78 is 7.99. The van der Waals surface area contributed by atoms with Crippen LogP contribution in [-0.2, 0) is 6.54 Å². The van der Waals surface area contributed by atoms with E-state index in [9.17, 15) is 4.79 Å². The maximum Gasteiger partial charge on any atom is 0.152 e. The van der Waals surface area contributed by atoms with E-state index in [1.807, 2.05) is 37.3 Å². The lowest BCUT2D eigenvalue weighted by Gasteiger charge is -2.10. The molecular weight excluding hydrogens is 286 g/mol. The van der Waals surface area contributed by atoms with Crippen molar-refractivity contribution in [2.45, 2.75) is 26.8 Å². The van der Waals surface area contributed by atoms with Gasteiger partial charge in [0.25, 0.3) is 0 Å². The van der Waals surface area contributed by atoms with Crippen molar-refractivity contribution in [2.75, 3.05) is 6.61 Å². The maximum atomic E-state index is 11.4. The van der Waals surface area contributed by atoms with Gasteiger partial charge in [0, 0.05) is 28.7 Å². The van der Waals surface area contributed by atoms with Crippen molar-refractivity contribution in [3.63, 3.8) is 0 Å². The van der Waals surface area contributed by atoms with E-state index in [-0.39, 0.29) is 0 Å². The normalized spacial score (nSPS) is 10.9. The maximum absolute atomic E-state index is 11.4. The minimum Gasteiger partial charge on any atom is -0.494 e. The molecule has 0 fully saturated rings. The Hall–Kier alpha value is -2.55. The largest absolute Gasteiger partial charge is 0.494 e. The van der Waals surface area contributed by atoms with Gasteiger partial charge in [-0.15, -0.1) is 0 Å². The van der Waals surface area contributed by atoms with E-state index in [0.717, 1.165) is 47.2 Å². The van der Waals surface area contributed by atoms with Crippen molar-refractivity contribution < 1.29 is 9.53 Å². The number of ether oxygens (including phenoxy) is 1. The summed E-state index contributed by atoms with van der Waals surface area (Å²) in [7, 11) is 0. The minimum atomic E-state index is 0.658. The van der Waals surface area contributed by atoms with Crippen LogP contribution in [-0.4, -0.2) is 17.5 Å². The quantitative estimate of drug-likeness (QED) is 0.494. The van der Waals surface area contributed by atoms with Gasteiger partial charge in [0.1, 0.15) is 5.75 Å². The zero-order chi connectivity index (χ0) is 16.2. The smallest absolute Gasteiger partial charge is 0.152 e. The van der Waals surface area contributed by atoms with Crippen LogP contribution in [0.4, 0.5) is 0 Å². The predicted molar refractivity (Wildman–Crippen MR) is 93.4 cm³/mol. The Bertz CT molecular complexity index is 816. The molecule has 0 atom stereocenters. The fraction of sp³-hybridized carbons (Fsp3) is 0.250. The second-order valence-corrected chi connectivity index (χ2v) is 5.80. The van der Waals surface area contributed by atoms with E-state index < -0.39 is 0 Å². The molecule has 0 unspecified atom stereocenters. The fourth-order valence-corrected chi connectivity index (χ4v) is 2.94. The molecule has 0 N–H and O–H groups in total. The first kappa shape index (κ1) is 15.3. The molecule has 1 heterocycles. The first-order valence-electron chi connectivity index (χ1n) is 7.93. The third kappa shape index (κ3) is 3.14. The van der Waals surface area contributed by atoms with E-state index in [1.165, 1.54) is 5.56 Å². The first-order chi connectivity index (χ1) is 11.2. The van der Waals surface area contributed by atoms with Gasteiger partial charge in [0.05, 0.1) is 6.61 Å². The third-order valence-corrected chi connectivity index (χ3v) is 4.21. The Balaban J connectivity index is 1.69. The first-order valence-corrected chi connectivity index (χ1v) is 7.93. The summed E-state index contributed by atoms with van der Waals surface area (Å²) in [5.74, 6) is 0.901. The molecule has 0 amide bonds. The highest BCUT2D eigenvalue weighted by molar-refractivity contribution is 5.99. The Morgan fingerprint density at radius 1 is 1.04 bits per heavy atom. The van der Waals surface area contributed by atoms with Gasteiger partial charge in [0.2, 0.25) is 0 Å². The molecule has 0 bridgehead atoms. The highest BCUT2D eigenvalue weighted by atomic mass is 16.5. The molecule has 3 rings (SSSR count). The molecule has 0 spiro atoms. The van der Waals surface area contributed by atoms with E-state index in [0.29, 0.717) is 6.61 Å². The molecule has 0 aliphatic heterocycles. The third-order valence-electron chi connectivity index (χ3n) is 4.21. The molecule has 0 aliphatic rings. The summed E-state index contributed by atoms with van der Waals surface area (Å²) in [4.78, 5) is 11.4. The summed E-state index contributed by atoms with van der Waals surface area (Å²) in [6.07, 6.45) is 1.85. The molecule has 23 heavy (non-hydrogen) atoms. The average molecular weight is 307 g/mol. The minimum absolute atomic E-state index is 0.658. The summed E-state index contributed by atoms with van der Waals surface area (Å²) >= 11 is 0. The molecule has 3 heteroatoms. The van der Waals surface area contributed by atoms with E-state index in [2.05, 4.69) is 29.7 Å². The van der Waals surface area contributed by atoms with Crippen molar-refractivity contribution >= 4 is 17.2 Å². The summed E-state index contributed by atoms with van der Waals surface area (Å²) in [5, 5.41) is 1.03. The van der Waals surface area contributed by atoms with Crippen molar-refractivity contribution in [1.82, 2.24) is 4.57 Å². The predicted octanol–water partition coefficient (Wildman–Crippen LogP) is 4.54. The van der Waals surface area contributed by atoms with Gasteiger partial charge in [0.15, 0.2) is 6.29 Å². The Morgan fingerprint density at radius 2 is 1.78 bits per heavy atom. The van der Waals surface area contributed by atoms with Crippen LogP contribution in [0.2, 0.25) is 0 Å². The fourth-order valence-electron chi connectivity index (χ4n) is 2.94. The van der Waals surface area contributed by atoms with Crippen LogP contribution in [0.5, 0.6) is 5.75 Å². The highest BCUT2D eigenvalue weighted by Gasteiger charge is 2.12. The zero-order valence-corrected chi connectivity index (χ0v) is 13.6. The van der Waals surface area contributed by atoms with Gasteiger partial charge >= 0.3 is 0 Å². The summed E-state index contributed by atoms with van der Waals surface area (Å²) in [6.45, 7) is 5.57. The number of carbonyl (C=O) groups is 1. The van der Waals surface area contributed by atoms with Gasteiger partial charge in [-0.1, -0.05) is 35.9 Å². The van der Waals surface area contributed by atoms with Gasteiger partial charge in [-0.05, 0) is 38.5 Å². The molecule has 2 aromatic carbocycles. The molecule has 0 saturated carbocycles. The molecule has 3 aromatic rings. The zero-order valence-electron chi connectivity index (χ0n) is 13.6. The van der Waals surface area contributed by atoms with Crippen molar-refractivity contribution in [2.24, 2.45) is 0 Å². The number of nitrogens with zero attached hydrogens (tertiary/aromatic N) is 1. The van der Waals surface area contributed by atoms with Crippen LogP contribution in [0.25, 0.3) is 10.9 Å². The van der Waals surface area contributed by atoms with Crippen molar-refractivity contribution in [1.29, 1.82) is 0 Å². The SMILES string of the molecule is Cc1ccc(OCCCn2c(C)c(C=O)c3ccccc32)cc1. The lowest BCUT2D eigenvalue weighted by molar-refractivity contribution is 0.112. The molecule has 0 radical (unpaired) electrons. The number of rotatable bonds is 6. The Morgan fingerprint density at radius 3 is 2.52 bits per heavy atom. The molecular formula is C20H21NO2. The molecule has 0 aliphatic carbocycles. The second kappa shape index (κ2) is 6.69. The number of aromatic nitrogens is 1. The van der Waals surface area contributed by atoms with E-state index in [4.69, 9.17) is 4.74 Å². The van der Waals surface area contributed by atoms with Gasteiger partial charge in [-0.25, -0.2) is 0 Å². The highest BCUT2D eigenvalue weighted by Crippen LogP contribution is 2.24. The Labute approximate surface area is 136 Å². The number of benzene rings is 2. The number of fused-ring (bicyclic) bond motifs is 1. The van der Waals surface area contributed by atoms with Crippen molar-refractivity contribution in [3.05, 3.63) is 65.4 Å². The average Bonchev–Trinajstić information content (AvgIpc) is 2.84. The number of aldehydes is 1. The number of hydrogen-bond donors (Lipinski definition) is 0. The number of carbonyl (C=O) groups excluding carboxylic acids is 1. The molecule has 3 nitrogen and oxygen atoms in total. The van der Waals surface area contributed by atoms with E-state index >= 15 is 0 Å². The van der Waals surface area contributed by atoms with Crippen molar-refractivity contribution in [3.8, 4) is 5.75 Å². The molecule has 1 aromatic heterocycles.